The van der Waals surface area contributed by atoms with Crippen LogP contribution in [0.25, 0.3) is 0 Å². The highest BCUT2D eigenvalue weighted by molar-refractivity contribution is 6.30. The summed E-state index contributed by atoms with van der Waals surface area (Å²) in [5, 5.41) is 9.74. The molecule has 1 saturated carbocycles. The Bertz CT molecular complexity index is 1100. The average Bonchev–Trinajstić information content (AvgIpc) is 3.81. The molecule has 9 heteroatoms. The highest BCUT2D eigenvalue weighted by atomic mass is 35.5. The van der Waals surface area contributed by atoms with Gasteiger partial charge in [-0.2, -0.15) is 0 Å². The first-order chi connectivity index (χ1) is 19.0. The molecule has 1 heterocycles. The number of halogens is 1. The summed E-state index contributed by atoms with van der Waals surface area (Å²) >= 11 is 6.32. The molecule has 39 heavy (non-hydrogen) atoms. The van der Waals surface area contributed by atoms with Crippen molar-refractivity contribution >= 4 is 23.6 Å². The normalized spacial score (nSPS) is 18.7. The fourth-order valence-electron chi connectivity index (χ4n) is 5.08. The van der Waals surface area contributed by atoms with Crippen molar-refractivity contribution in [3.8, 4) is 0 Å². The van der Waals surface area contributed by atoms with Crippen LogP contribution in [0.4, 0.5) is 4.79 Å². The summed E-state index contributed by atoms with van der Waals surface area (Å²) in [5.74, 6) is 0.868. The van der Waals surface area contributed by atoms with E-state index in [0.29, 0.717) is 29.0 Å². The molecule has 0 aromatic heterocycles. The zero-order valence-corrected chi connectivity index (χ0v) is 23.6. The van der Waals surface area contributed by atoms with E-state index in [0.717, 1.165) is 55.6 Å². The van der Waals surface area contributed by atoms with Crippen LogP contribution in [0.1, 0.15) is 71.2 Å². The molecule has 2 fully saturated rings. The van der Waals surface area contributed by atoms with Gasteiger partial charge in [0.2, 0.25) is 0 Å². The van der Waals surface area contributed by atoms with Crippen LogP contribution in [0.5, 0.6) is 0 Å². The number of carbonyl (C=O) groups excluding carboxylic acids is 2. The molecule has 2 amide bonds. The zero-order chi connectivity index (χ0) is 27.6. The van der Waals surface area contributed by atoms with E-state index in [2.05, 4.69) is 26.8 Å². The second kappa shape index (κ2) is 14.7. The largest absolute Gasteiger partial charge is 0.453 e. The Morgan fingerprint density at radius 1 is 1.10 bits per heavy atom. The fraction of sp³-hybridized carbons (Fsp3) is 0.533. The molecule has 2 aromatic rings. The van der Waals surface area contributed by atoms with Gasteiger partial charge in [-0.3, -0.25) is 4.79 Å². The molecule has 1 aliphatic heterocycles. The Balaban J connectivity index is 1.51. The van der Waals surface area contributed by atoms with Crippen LogP contribution < -0.4 is 16.0 Å². The minimum atomic E-state index is -0.511. The van der Waals surface area contributed by atoms with Crippen molar-refractivity contribution < 1.29 is 23.8 Å². The molecular formula is C30H40ClN3O5. The van der Waals surface area contributed by atoms with Crippen molar-refractivity contribution in [1.82, 2.24) is 16.0 Å². The molecule has 8 nitrogen and oxygen atoms in total. The number of alkyl carbamates (subject to hydrolysis) is 1. The minimum Gasteiger partial charge on any atom is -0.453 e. The van der Waals surface area contributed by atoms with E-state index < -0.39 is 12.2 Å². The standard InChI is InChI=1S/C30H40ClN3O5/c1-32-27(13-20-5-4-11-38-19-20)18-34-29(35)25-15-23(21-8-9-21)14-24(16-25)28(22-6-3-7-26(31)17-22)39-12-10-33-30(36)37-2/h3,6-7,14-17,20-21,27-28,32H,4-5,8-13,18-19H2,1-2H3,(H,33,36)(H,34,35)/t20-,27+,28-/m1/s1. The molecule has 2 aliphatic rings. The topological polar surface area (TPSA) is 97.9 Å². The van der Waals surface area contributed by atoms with Gasteiger partial charge in [0.05, 0.1) is 13.7 Å². The van der Waals surface area contributed by atoms with Gasteiger partial charge in [0.15, 0.2) is 0 Å². The second-order valence-electron chi connectivity index (χ2n) is 10.4. The molecular weight excluding hydrogens is 518 g/mol. The number of nitrogens with one attached hydrogen (secondary N) is 3. The Labute approximate surface area is 236 Å². The summed E-state index contributed by atoms with van der Waals surface area (Å²) in [5.41, 5.74) is 3.53. The summed E-state index contributed by atoms with van der Waals surface area (Å²) < 4.78 is 16.6. The quantitative estimate of drug-likeness (QED) is 0.306. The van der Waals surface area contributed by atoms with Gasteiger partial charge in [-0.15, -0.1) is 0 Å². The first-order valence-corrected chi connectivity index (χ1v) is 14.2. The van der Waals surface area contributed by atoms with E-state index in [1.54, 1.807) is 0 Å². The van der Waals surface area contributed by atoms with E-state index in [1.165, 1.54) is 13.5 Å². The number of carbonyl (C=O) groups is 2. The van der Waals surface area contributed by atoms with Crippen LogP contribution in [-0.4, -0.2) is 65.1 Å². The number of hydrogen-bond acceptors (Lipinski definition) is 6. The number of amides is 2. The third-order valence-electron chi connectivity index (χ3n) is 7.37. The monoisotopic (exact) mass is 557 g/mol. The maximum absolute atomic E-state index is 13.4. The molecule has 3 atom stereocenters. The Hall–Kier alpha value is -2.65. The van der Waals surface area contributed by atoms with Crippen molar-refractivity contribution in [2.75, 3.05) is 47.1 Å². The van der Waals surface area contributed by atoms with Gasteiger partial charge < -0.3 is 30.2 Å². The van der Waals surface area contributed by atoms with Crippen LogP contribution >= 0.6 is 11.6 Å². The van der Waals surface area contributed by atoms with Crippen molar-refractivity contribution in [3.05, 3.63) is 69.7 Å². The molecule has 1 saturated heterocycles. The maximum Gasteiger partial charge on any atom is 0.406 e. The van der Waals surface area contributed by atoms with Crippen molar-refractivity contribution in [3.63, 3.8) is 0 Å². The molecule has 0 spiro atoms. The van der Waals surface area contributed by atoms with E-state index in [9.17, 15) is 9.59 Å². The Kier molecular flexibility index (Phi) is 11.0. The van der Waals surface area contributed by atoms with E-state index >= 15 is 0 Å². The summed E-state index contributed by atoms with van der Waals surface area (Å²) in [6.07, 6.45) is 4.49. The first kappa shape index (κ1) is 29.3. The van der Waals surface area contributed by atoms with E-state index in [-0.39, 0.29) is 25.1 Å². The maximum atomic E-state index is 13.4. The molecule has 3 N–H and O–H groups in total. The van der Waals surface area contributed by atoms with Crippen molar-refractivity contribution in [1.29, 1.82) is 0 Å². The lowest BCUT2D eigenvalue weighted by atomic mass is 9.94. The lowest BCUT2D eigenvalue weighted by Gasteiger charge is -2.26. The third kappa shape index (κ3) is 8.93. The lowest BCUT2D eigenvalue weighted by Crippen LogP contribution is -2.41. The van der Waals surface area contributed by atoms with Gasteiger partial charge in [0.25, 0.3) is 5.91 Å². The van der Waals surface area contributed by atoms with Gasteiger partial charge >= 0.3 is 6.09 Å². The summed E-state index contributed by atoms with van der Waals surface area (Å²) in [4.78, 5) is 24.9. The summed E-state index contributed by atoms with van der Waals surface area (Å²) in [6, 6.07) is 13.8. The molecule has 2 aromatic carbocycles. The van der Waals surface area contributed by atoms with E-state index in [4.69, 9.17) is 21.1 Å². The summed E-state index contributed by atoms with van der Waals surface area (Å²) in [7, 11) is 3.26. The number of hydrogen-bond donors (Lipinski definition) is 3. The fourth-order valence-corrected chi connectivity index (χ4v) is 5.28. The molecule has 212 valence electrons. The molecule has 1 aliphatic carbocycles. The first-order valence-electron chi connectivity index (χ1n) is 13.8. The highest BCUT2D eigenvalue weighted by Gasteiger charge is 2.27. The third-order valence-corrected chi connectivity index (χ3v) is 7.61. The van der Waals surface area contributed by atoms with Crippen LogP contribution in [-0.2, 0) is 14.2 Å². The molecule has 0 bridgehead atoms. The van der Waals surface area contributed by atoms with Gasteiger partial charge in [0, 0.05) is 42.9 Å². The SMILES string of the molecule is CN[C@H](CNC(=O)c1cc(C2CC2)cc([C@H](OCCNC(=O)OC)c2cccc(Cl)c2)c1)C[C@H]1CCCOC1. The zero-order valence-electron chi connectivity index (χ0n) is 22.8. The van der Waals surface area contributed by atoms with Gasteiger partial charge in [0.1, 0.15) is 6.10 Å². The van der Waals surface area contributed by atoms with Crippen LogP contribution in [0, 0.1) is 5.92 Å². The minimum absolute atomic E-state index is 0.101. The molecule has 0 unspecified atom stereocenters. The predicted octanol–water partition coefficient (Wildman–Crippen LogP) is 4.81. The van der Waals surface area contributed by atoms with Crippen LogP contribution in [0.3, 0.4) is 0 Å². The van der Waals surface area contributed by atoms with Crippen LogP contribution in [0.15, 0.2) is 42.5 Å². The van der Waals surface area contributed by atoms with Gasteiger partial charge in [-0.1, -0.05) is 29.8 Å². The predicted molar refractivity (Wildman–Crippen MR) is 151 cm³/mol. The van der Waals surface area contributed by atoms with E-state index in [1.807, 2.05) is 43.4 Å². The Morgan fingerprint density at radius 2 is 1.95 bits per heavy atom. The second-order valence-corrected chi connectivity index (χ2v) is 10.8. The van der Waals surface area contributed by atoms with Crippen molar-refractivity contribution in [2.45, 2.75) is 50.2 Å². The number of benzene rings is 2. The number of methoxy groups -OCH3 is 1. The van der Waals surface area contributed by atoms with Crippen LogP contribution in [0.2, 0.25) is 5.02 Å². The van der Waals surface area contributed by atoms with Gasteiger partial charge in [-0.25, -0.2) is 4.79 Å². The van der Waals surface area contributed by atoms with Crippen molar-refractivity contribution in [2.24, 2.45) is 5.92 Å². The average molecular weight is 558 g/mol. The number of ether oxygens (including phenoxy) is 3. The highest BCUT2D eigenvalue weighted by Crippen LogP contribution is 2.42. The Morgan fingerprint density at radius 3 is 2.64 bits per heavy atom. The summed E-state index contributed by atoms with van der Waals surface area (Å²) in [6.45, 7) is 2.73. The lowest BCUT2D eigenvalue weighted by molar-refractivity contribution is 0.0478. The molecule has 0 radical (unpaired) electrons. The number of rotatable bonds is 13. The van der Waals surface area contributed by atoms with Gasteiger partial charge in [-0.05, 0) is 91.9 Å². The number of likely N-dealkylation sites (N-methyl/N-ethyl adjacent to an activating group) is 1. The smallest absolute Gasteiger partial charge is 0.406 e. The molecule has 4 rings (SSSR count).